The zero-order chi connectivity index (χ0) is 24.6. The summed E-state index contributed by atoms with van der Waals surface area (Å²) in [5.41, 5.74) is 1.71. The number of carbonyl (C=O) groups is 1. The Morgan fingerprint density at radius 1 is 1.20 bits per heavy atom. The topological polar surface area (TPSA) is 100 Å². The van der Waals surface area contributed by atoms with Gasteiger partial charge in [-0.15, -0.1) is 0 Å². The molecule has 0 radical (unpaired) electrons. The second kappa shape index (κ2) is 9.27. The third kappa shape index (κ3) is 4.84. The van der Waals surface area contributed by atoms with Gasteiger partial charge in [0.2, 0.25) is 11.0 Å². The highest BCUT2D eigenvalue weighted by Gasteiger charge is 2.28. The molecule has 12 heteroatoms. The number of piperazine rings is 1. The first kappa shape index (κ1) is 23.2. The average molecular weight is 519 g/mol. The molecular formula is C23H27FN6O3S2. The summed E-state index contributed by atoms with van der Waals surface area (Å²) < 4.78 is 46.6. The van der Waals surface area contributed by atoms with Crippen LogP contribution in [0.2, 0.25) is 0 Å². The smallest absolute Gasteiger partial charge is 0.263 e. The van der Waals surface area contributed by atoms with E-state index in [1.807, 2.05) is 16.4 Å². The number of carbonyl (C=O) groups excluding carboxylic acids is 1. The first-order chi connectivity index (χ1) is 16.8. The number of benzene rings is 2. The first-order valence-electron chi connectivity index (χ1n) is 11.0. The van der Waals surface area contributed by atoms with E-state index in [9.17, 15) is 17.6 Å². The van der Waals surface area contributed by atoms with E-state index in [2.05, 4.69) is 19.0 Å². The second-order valence-corrected chi connectivity index (χ2v) is 10.8. The summed E-state index contributed by atoms with van der Waals surface area (Å²) in [6, 6.07) is 13.0. The van der Waals surface area contributed by atoms with Gasteiger partial charge in [-0.3, -0.25) is 9.52 Å². The molecule has 5 rings (SSSR count). The van der Waals surface area contributed by atoms with E-state index in [0.29, 0.717) is 19.6 Å². The van der Waals surface area contributed by atoms with Crippen molar-refractivity contribution in [2.45, 2.75) is 24.4 Å². The standard InChI is InChI=1S/C23H23FN6O3S2.2H2/c1-16-13-28(19-3-5-20(6-4-19)35(32,33)27-23-25-15-26-34-23)10-11-30(16)22(31)14-29-9-8-17-12-18(24)2-7-21(17)29;;/h2-9,12,15-16H,10-11,13-14H2,1H3,(H,25,26,27);2*1H/t16-;;/m1../s1. The zero-order valence-corrected chi connectivity index (χ0v) is 20.5. The molecule has 3 heterocycles. The molecule has 0 bridgehead atoms. The van der Waals surface area contributed by atoms with Crippen LogP contribution in [-0.4, -0.2) is 58.8 Å². The van der Waals surface area contributed by atoms with Gasteiger partial charge < -0.3 is 14.4 Å². The van der Waals surface area contributed by atoms with Crippen LogP contribution in [-0.2, 0) is 21.4 Å². The van der Waals surface area contributed by atoms with Crippen LogP contribution in [0.4, 0.5) is 15.2 Å². The van der Waals surface area contributed by atoms with Crippen LogP contribution in [0, 0.1) is 5.82 Å². The number of nitrogens with one attached hydrogen (secondary N) is 1. The van der Waals surface area contributed by atoms with Gasteiger partial charge in [0, 0.05) is 62.8 Å². The molecule has 0 spiro atoms. The fraction of sp³-hybridized carbons (Fsp3) is 0.261. The van der Waals surface area contributed by atoms with E-state index in [4.69, 9.17) is 0 Å². The van der Waals surface area contributed by atoms with Gasteiger partial charge in [-0.25, -0.2) is 17.8 Å². The van der Waals surface area contributed by atoms with Crippen molar-refractivity contribution >= 4 is 49.2 Å². The molecule has 4 aromatic rings. The van der Waals surface area contributed by atoms with Crippen molar-refractivity contribution < 1.29 is 20.5 Å². The third-order valence-electron chi connectivity index (χ3n) is 6.08. The van der Waals surface area contributed by atoms with Crippen molar-refractivity contribution in [3.05, 3.63) is 66.9 Å². The van der Waals surface area contributed by atoms with Gasteiger partial charge >= 0.3 is 0 Å². The van der Waals surface area contributed by atoms with E-state index in [1.165, 1.54) is 18.5 Å². The van der Waals surface area contributed by atoms with Gasteiger partial charge in [-0.2, -0.15) is 4.37 Å². The highest BCUT2D eigenvalue weighted by Crippen LogP contribution is 2.24. The van der Waals surface area contributed by atoms with Crippen LogP contribution in [0.5, 0.6) is 0 Å². The number of hydrogen-bond donors (Lipinski definition) is 1. The molecule has 1 aliphatic heterocycles. The predicted octanol–water partition coefficient (Wildman–Crippen LogP) is 3.66. The molecule has 186 valence electrons. The molecule has 1 amide bonds. The molecule has 0 aliphatic carbocycles. The molecule has 9 nitrogen and oxygen atoms in total. The number of aromatic nitrogens is 3. The van der Waals surface area contributed by atoms with Crippen LogP contribution >= 0.6 is 11.5 Å². The molecule has 0 unspecified atom stereocenters. The minimum absolute atomic E-state index is 0. The Morgan fingerprint density at radius 3 is 2.71 bits per heavy atom. The van der Waals surface area contributed by atoms with Crippen molar-refractivity contribution in [2.24, 2.45) is 0 Å². The molecule has 1 N–H and O–H groups in total. The molecule has 1 fully saturated rings. The Labute approximate surface area is 209 Å². The van der Waals surface area contributed by atoms with E-state index in [0.717, 1.165) is 28.1 Å². The maximum atomic E-state index is 13.5. The molecule has 1 aliphatic rings. The van der Waals surface area contributed by atoms with Crippen molar-refractivity contribution in [1.29, 1.82) is 0 Å². The lowest BCUT2D eigenvalue weighted by Crippen LogP contribution is -2.54. The minimum atomic E-state index is -3.74. The maximum Gasteiger partial charge on any atom is 0.263 e. The molecule has 35 heavy (non-hydrogen) atoms. The van der Waals surface area contributed by atoms with Gasteiger partial charge in [0.1, 0.15) is 18.7 Å². The fourth-order valence-electron chi connectivity index (χ4n) is 4.34. The maximum absolute atomic E-state index is 13.5. The predicted molar refractivity (Wildman–Crippen MR) is 137 cm³/mol. The summed E-state index contributed by atoms with van der Waals surface area (Å²) in [7, 11) is -3.74. The number of amides is 1. The Hall–Kier alpha value is -3.51. The van der Waals surface area contributed by atoms with Gasteiger partial charge in [-0.05, 0) is 55.5 Å². The van der Waals surface area contributed by atoms with Gasteiger partial charge in [0.05, 0.1) is 4.90 Å². The third-order valence-corrected chi connectivity index (χ3v) is 8.15. The highest BCUT2D eigenvalue weighted by molar-refractivity contribution is 7.93. The normalized spacial score (nSPS) is 16.6. The summed E-state index contributed by atoms with van der Waals surface area (Å²) in [6.07, 6.45) is 3.09. The second-order valence-electron chi connectivity index (χ2n) is 8.37. The number of rotatable bonds is 6. The lowest BCUT2D eigenvalue weighted by molar-refractivity contribution is -0.134. The Balaban J connectivity index is 0.00000190. The van der Waals surface area contributed by atoms with Gasteiger partial charge in [-0.1, -0.05) is 0 Å². The molecule has 0 saturated carbocycles. The molecule has 2 aromatic carbocycles. The Kier molecular flexibility index (Phi) is 6.15. The average Bonchev–Trinajstić information content (AvgIpc) is 3.48. The van der Waals surface area contributed by atoms with Crippen LogP contribution in [0.1, 0.15) is 9.78 Å². The molecule has 1 saturated heterocycles. The summed E-state index contributed by atoms with van der Waals surface area (Å²) in [6.45, 7) is 3.99. The Morgan fingerprint density at radius 2 is 2.00 bits per heavy atom. The van der Waals surface area contributed by atoms with Crippen molar-refractivity contribution in [3.63, 3.8) is 0 Å². The lowest BCUT2D eigenvalue weighted by atomic mass is 10.1. The van der Waals surface area contributed by atoms with E-state index in [1.54, 1.807) is 42.6 Å². The van der Waals surface area contributed by atoms with Gasteiger partial charge in [0.25, 0.3) is 10.0 Å². The fourth-order valence-corrected chi connectivity index (χ4v) is 6.00. The number of fused-ring (bicyclic) bond motifs is 1. The Bertz CT molecular complexity index is 1470. The monoisotopic (exact) mass is 518 g/mol. The zero-order valence-electron chi connectivity index (χ0n) is 18.8. The van der Waals surface area contributed by atoms with E-state index in [-0.39, 0.29) is 37.2 Å². The van der Waals surface area contributed by atoms with Crippen LogP contribution in [0.15, 0.2) is 66.0 Å². The molecule has 2 aromatic heterocycles. The molecule has 1 atom stereocenters. The summed E-state index contributed by atoms with van der Waals surface area (Å²) in [4.78, 5) is 21.0. The highest BCUT2D eigenvalue weighted by atomic mass is 32.2. The van der Waals surface area contributed by atoms with Crippen molar-refractivity contribution in [3.8, 4) is 0 Å². The first-order valence-corrected chi connectivity index (χ1v) is 13.2. The summed E-state index contributed by atoms with van der Waals surface area (Å²) in [5, 5.41) is 0.975. The number of halogens is 1. The minimum Gasteiger partial charge on any atom is -0.368 e. The van der Waals surface area contributed by atoms with Crippen LogP contribution < -0.4 is 9.62 Å². The summed E-state index contributed by atoms with van der Waals surface area (Å²) >= 11 is 0.966. The number of anilines is 2. The summed E-state index contributed by atoms with van der Waals surface area (Å²) in [5.74, 6) is -0.298. The SMILES string of the molecule is C[C@@H]1CN(c2ccc(S(=O)(=O)Nc3ncns3)cc2)CCN1C(=O)Cn1ccc2cc(F)ccc21.[HH].[HH]. The van der Waals surface area contributed by atoms with Crippen molar-refractivity contribution in [1.82, 2.24) is 18.8 Å². The van der Waals surface area contributed by atoms with Crippen LogP contribution in [0.25, 0.3) is 10.9 Å². The number of nitrogens with zero attached hydrogens (tertiary/aromatic N) is 5. The largest absolute Gasteiger partial charge is 0.368 e. The van der Waals surface area contributed by atoms with Gasteiger partial charge in [0.15, 0.2) is 0 Å². The number of hydrogen-bond acceptors (Lipinski definition) is 7. The van der Waals surface area contributed by atoms with Crippen LogP contribution in [0.3, 0.4) is 0 Å². The van der Waals surface area contributed by atoms with E-state index >= 15 is 0 Å². The van der Waals surface area contributed by atoms with E-state index < -0.39 is 10.0 Å². The quantitative estimate of drug-likeness (QED) is 0.418. The molecular weight excluding hydrogens is 491 g/mol. The lowest BCUT2D eigenvalue weighted by Gasteiger charge is -2.41. The van der Waals surface area contributed by atoms with Crippen molar-refractivity contribution in [2.75, 3.05) is 29.3 Å². The number of sulfonamides is 1.